The van der Waals surface area contributed by atoms with Crippen LogP contribution in [0.4, 0.5) is 0 Å². The molecule has 0 aliphatic heterocycles. The zero-order chi connectivity index (χ0) is 8.32. The highest BCUT2D eigenvalue weighted by Gasteiger charge is 2.02. The molecule has 12 heavy (non-hydrogen) atoms. The molecule has 0 saturated carbocycles. The fourth-order valence-electron chi connectivity index (χ4n) is 0.711. The number of nitrogens with two attached hydrogens (primary N) is 1. The molecule has 6 heteroatoms. The Kier molecular flexibility index (Phi) is 4.16. The number of aromatic nitrogens is 1. The van der Waals surface area contributed by atoms with Crippen LogP contribution in [0.25, 0.3) is 0 Å². The topological polar surface area (TPSA) is 73.1 Å². The van der Waals surface area contributed by atoms with E-state index < -0.39 is 10.0 Å². The molecule has 4 nitrogen and oxygen atoms in total. The molecule has 0 unspecified atom stereocenters. The number of primary sulfonamides is 1. The zero-order valence-electron chi connectivity index (χ0n) is 6.17. The van der Waals surface area contributed by atoms with E-state index in [4.69, 9.17) is 5.14 Å². The van der Waals surface area contributed by atoms with Gasteiger partial charge < -0.3 is 0 Å². The third-order valence-corrected chi connectivity index (χ3v) is 1.85. The molecule has 0 bridgehead atoms. The normalized spacial score (nSPS) is 10.4. The first-order valence-electron chi connectivity index (χ1n) is 2.97. The Morgan fingerprint density at radius 2 is 1.83 bits per heavy atom. The molecule has 1 aromatic rings. The molecule has 2 N–H and O–H groups in total. The predicted octanol–water partition coefficient (Wildman–Crippen LogP) is 0.292. The lowest BCUT2D eigenvalue weighted by Gasteiger charge is -1.95. The van der Waals surface area contributed by atoms with Gasteiger partial charge in [-0.05, 0) is 17.7 Å². The van der Waals surface area contributed by atoms with Crippen LogP contribution in [0.3, 0.4) is 0 Å². The second-order valence-electron chi connectivity index (χ2n) is 2.16. The summed E-state index contributed by atoms with van der Waals surface area (Å²) in [6, 6.07) is 3.23. The van der Waals surface area contributed by atoms with Gasteiger partial charge in [0.05, 0.1) is 5.75 Å². The monoisotopic (exact) mass is 208 g/mol. The van der Waals surface area contributed by atoms with Gasteiger partial charge >= 0.3 is 0 Å². The predicted molar refractivity (Wildman–Crippen MR) is 48.3 cm³/mol. The minimum absolute atomic E-state index is 0. The molecule has 0 radical (unpaired) electrons. The van der Waals surface area contributed by atoms with Crippen molar-refractivity contribution in [2.75, 3.05) is 0 Å². The van der Waals surface area contributed by atoms with Gasteiger partial charge in [-0.25, -0.2) is 13.6 Å². The van der Waals surface area contributed by atoms with Gasteiger partial charge in [0, 0.05) is 12.4 Å². The largest absolute Gasteiger partial charge is 0.265 e. The summed E-state index contributed by atoms with van der Waals surface area (Å²) in [5, 5.41) is 4.82. The van der Waals surface area contributed by atoms with E-state index in [1.807, 2.05) is 0 Å². The molecule has 0 atom stereocenters. The van der Waals surface area contributed by atoms with E-state index in [-0.39, 0.29) is 18.2 Å². The minimum Gasteiger partial charge on any atom is -0.265 e. The van der Waals surface area contributed by atoms with E-state index >= 15 is 0 Å². The van der Waals surface area contributed by atoms with Crippen LogP contribution in [-0.4, -0.2) is 13.4 Å². The van der Waals surface area contributed by atoms with Crippen LogP contribution in [0.1, 0.15) is 5.56 Å². The SMILES string of the molecule is Cl.NS(=O)(=O)Cc1ccncc1. The van der Waals surface area contributed by atoms with E-state index in [0.717, 1.165) is 0 Å². The van der Waals surface area contributed by atoms with Crippen LogP contribution in [0.2, 0.25) is 0 Å². The Morgan fingerprint density at radius 3 is 2.25 bits per heavy atom. The summed E-state index contributed by atoms with van der Waals surface area (Å²) in [7, 11) is -3.40. The molecule has 0 fully saturated rings. The molecule has 1 rings (SSSR count). The molecule has 1 heterocycles. The van der Waals surface area contributed by atoms with Crippen molar-refractivity contribution in [2.45, 2.75) is 5.75 Å². The average Bonchev–Trinajstić information content (AvgIpc) is 1.85. The number of hydrogen-bond donors (Lipinski definition) is 1. The van der Waals surface area contributed by atoms with Crippen molar-refractivity contribution < 1.29 is 8.42 Å². The molecule has 0 spiro atoms. The Bertz CT molecular complexity index is 325. The van der Waals surface area contributed by atoms with E-state index in [2.05, 4.69) is 4.98 Å². The highest BCUT2D eigenvalue weighted by Crippen LogP contribution is 1.99. The highest BCUT2D eigenvalue weighted by molar-refractivity contribution is 7.88. The lowest BCUT2D eigenvalue weighted by Crippen LogP contribution is -2.14. The molecule has 68 valence electrons. The van der Waals surface area contributed by atoms with Gasteiger partial charge in [-0.1, -0.05) is 0 Å². The second-order valence-corrected chi connectivity index (χ2v) is 3.78. The van der Waals surface area contributed by atoms with Crippen molar-refractivity contribution in [1.82, 2.24) is 4.98 Å². The summed E-state index contributed by atoms with van der Waals surface area (Å²) in [6.45, 7) is 0. The van der Waals surface area contributed by atoms with Gasteiger partial charge in [0.1, 0.15) is 0 Å². The number of halogens is 1. The third kappa shape index (κ3) is 4.27. The maximum absolute atomic E-state index is 10.6. The summed E-state index contributed by atoms with van der Waals surface area (Å²) in [6.07, 6.45) is 3.06. The summed E-state index contributed by atoms with van der Waals surface area (Å²) in [5.74, 6) is -0.129. The molecule has 0 amide bonds. The second kappa shape index (κ2) is 4.39. The summed E-state index contributed by atoms with van der Waals surface area (Å²) in [4.78, 5) is 3.74. The fraction of sp³-hybridized carbons (Fsp3) is 0.167. The van der Waals surface area contributed by atoms with Crippen molar-refractivity contribution in [1.29, 1.82) is 0 Å². The standard InChI is InChI=1S/C6H8N2O2S.ClH/c7-11(9,10)5-6-1-3-8-4-2-6;/h1-4H,5H2,(H2,7,9,10);1H. The molecule has 1 aromatic heterocycles. The summed E-state index contributed by atoms with van der Waals surface area (Å²) in [5.41, 5.74) is 0.655. The summed E-state index contributed by atoms with van der Waals surface area (Å²) < 4.78 is 21.1. The Balaban J connectivity index is 0.00000121. The number of nitrogens with zero attached hydrogens (tertiary/aromatic N) is 1. The number of rotatable bonds is 2. The van der Waals surface area contributed by atoms with Crippen molar-refractivity contribution >= 4 is 22.4 Å². The molecule has 0 saturated heterocycles. The van der Waals surface area contributed by atoms with E-state index in [1.54, 1.807) is 12.1 Å². The zero-order valence-corrected chi connectivity index (χ0v) is 7.81. The first kappa shape index (κ1) is 11.4. The summed E-state index contributed by atoms with van der Waals surface area (Å²) >= 11 is 0. The van der Waals surface area contributed by atoms with E-state index in [1.165, 1.54) is 12.4 Å². The van der Waals surface area contributed by atoms with Crippen molar-refractivity contribution in [3.05, 3.63) is 30.1 Å². The van der Waals surface area contributed by atoms with Gasteiger partial charge in [0.25, 0.3) is 0 Å². The molecule has 0 aliphatic rings. The Morgan fingerprint density at radius 1 is 1.33 bits per heavy atom. The van der Waals surface area contributed by atoms with Gasteiger partial charge in [0.15, 0.2) is 0 Å². The molecular weight excluding hydrogens is 200 g/mol. The number of hydrogen-bond acceptors (Lipinski definition) is 3. The van der Waals surface area contributed by atoms with Crippen molar-refractivity contribution in [3.8, 4) is 0 Å². The van der Waals surface area contributed by atoms with Crippen molar-refractivity contribution in [2.24, 2.45) is 5.14 Å². The van der Waals surface area contributed by atoms with Crippen molar-refractivity contribution in [3.63, 3.8) is 0 Å². The highest BCUT2D eigenvalue weighted by atomic mass is 35.5. The van der Waals surface area contributed by atoms with Gasteiger partial charge in [0.2, 0.25) is 10.0 Å². The maximum Gasteiger partial charge on any atom is 0.213 e. The molecular formula is C6H9ClN2O2S. The third-order valence-electron chi connectivity index (χ3n) is 1.12. The van der Waals surface area contributed by atoms with E-state index in [9.17, 15) is 8.42 Å². The average molecular weight is 209 g/mol. The van der Waals surface area contributed by atoms with Gasteiger partial charge in [-0.2, -0.15) is 0 Å². The lowest BCUT2D eigenvalue weighted by molar-refractivity contribution is 0.597. The number of sulfonamides is 1. The lowest BCUT2D eigenvalue weighted by atomic mass is 10.3. The first-order chi connectivity index (χ1) is 5.08. The van der Waals surface area contributed by atoms with Crippen LogP contribution >= 0.6 is 12.4 Å². The maximum atomic E-state index is 10.6. The van der Waals surface area contributed by atoms with Crippen LogP contribution in [0.15, 0.2) is 24.5 Å². The molecule has 0 aromatic carbocycles. The van der Waals surface area contributed by atoms with Gasteiger partial charge in [-0.15, -0.1) is 12.4 Å². The van der Waals surface area contributed by atoms with E-state index in [0.29, 0.717) is 5.56 Å². The van der Waals surface area contributed by atoms with Crippen LogP contribution in [-0.2, 0) is 15.8 Å². The van der Waals surface area contributed by atoms with Crippen LogP contribution < -0.4 is 5.14 Å². The number of pyridine rings is 1. The smallest absolute Gasteiger partial charge is 0.213 e. The Hall–Kier alpha value is -0.650. The minimum atomic E-state index is -3.40. The van der Waals surface area contributed by atoms with Gasteiger partial charge in [-0.3, -0.25) is 4.98 Å². The quantitative estimate of drug-likeness (QED) is 0.760. The van der Waals surface area contributed by atoms with Crippen LogP contribution in [0.5, 0.6) is 0 Å². The molecule has 0 aliphatic carbocycles. The first-order valence-corrected chi connectivity index (χ1v) is 4.69. The Labute approximate surface area is 77.3 Å². The fourth-order valence-corrected chi connectivity index (χ4v) is 1.37. The van der Waals surface area contributed by atoms with Crippen LogP contribution in [0, 0.1) is 0 Å².